The first-order chi connectivity index (χ1) is 15.6. The van der Waals surface area contributed by atoms with Crippen molar-refractivity contribution >= 4 is 22.5 Å². The number of hydrazone groups is 1. The van der Waals surface area contributed by atoms with Crippen molar-refractivity contribution in [1.82, 2.24) is 9.99 Å². The number of aromatic amines is 1. The lowest BCUT2D eigenvalue weighted by Crippen LogP contribution is -2.25. The van der Waals surface area contributed by atoms with Crippen LogP contribution in [0.25, 0.3) is 22.0 Å². The molecule has 0 saturated heterocycles. The Bertz CT molecular complexity index is 1390. The fourth-order valence-electron chi connectivity index (χ4n) is 4.34. The third kappa shape index (κ3) is 3.34. The summed E-state index contributed by atoms with van der Waals surface area (Å²) in [6.45, 7) is 3.83. The van der Waals surface area contributed by atoms with Crippen LogP contribution in [0.1, 0.15) is 42.7 Å². The summed E-state index contributed by atoms with van der Waals surface area (Å²) in [7, 11) is 0. The fraction of sp³-hybridized carbons (Fsp3) is 0.192. The maximum atomic E-state index is 13.4. The highest BCUT2D eigenvalue weighted by atomic mass is 16.3. The number of furan rings is 1. The van der Waals surface area contributed by atoms with Crippen LogP contribution in [0.4, 0.5) is 0 Å². The van der Waals surface area contributed by atoms with E-state index >= 15 is 0 Å². The Morgan fingerprint density at radius 3 is 2.66 bits per heavy atom. The Kier molecular flexibility index (Phi) is 4.98. The number of pyridine rings is 1. The third-order valence-electron chi connectivity index (χ3n) is 5.86. The minimum Gasteiger partial charge on any atom is -0.467 e. The third-order valence-corrected chi connectivity index (χ3v) is 5.86. The van der Waals surface area contributed by atoms with Crippen LogP contribution in [-0.2, 0) is 4.79 Å². The van der Waals surface area contributed by atoms with Crippen LogP contribution in [0.5, 0.6) is 0 Å². The summed E-state index contributed by atoms with van der Waals surface area (Å²) in [5.74, 6) is 0.538. The van der Waals surface area contributed by atoms with Gasteiger partial charge in [-0.3, -0.25) is 9.59 Å². The second-order valence-electron chi connectivity index (χ2n) is 7.99. The molecule has 4 aromatic rings. The number of carbonyl (C=O) groups is 1. The summed E-state index contributed by atoms with van der Waals surface area (Å²) >= 11 is 0. The minimum absolute atomic E-state index is 0.115. The predicted molar refractivity (Wildman–Crippen MR) is 124 cm³/mol. The van der Waals surface area contributed by atoms with Gasteiger partial charge in [-0.1, -0.05) is 48.9 Å². The van der Waals surface area contributed by atoms with E-state index in [1.165, 1.54) is 5.01 Å². The van der Waals surface area contributed by atoms with Crippen LogP contribution in [0.15, 0.2) is 81.2 Å². The molecule has 5 rings (SSSR count). The van der Waals surface area contributed by atoms with Gasteiger partial charge in [-0.25, -0.2) is 5.01 Å². The number of benzene rings is 2. The van der Waals surface area contributed by atoms with Gasteiger partial charge in [-0.2, -0.15) is 5.10 Å². The maximum Gasteiger partial charge on any atom is 0.258 e. The normalized spacial score (nSPS) is 15.9. The Morgan fingerprint density at radius 2 is 1.94 bits per heavy atom. The molecule has 1 unspecified atom stereocenters. The molecule has 0 bridgehead atoms. The van der Waals surface area contributed by atoms with Gasteiger partial charge in [0.25, 0.3) is 5.56 Å². The number of nitrogens with zero attached hydrogens (tertiary/aromatic N) is 2. The molecule has 1 N–H and O–H groups in total. The van der Waals surface area contributed by atoms with Crippen LogP contribution in [0.3, 0.4) is 0 Å². The van der Waals surface area contributed by atoms with Crippen molar-refractivity contribution in [3.05, 3.63) is 94.2 Å². The van der Waals surface area contributed by atoms with Gasteiger partial charge >= 0.3 is 0 Å². The number of hydrogen-bond donors (Lipinski definition) is 1. The van der Waals surface area contributed by atoms with Crippen LogP contribution in [-0.4, -0.2) is 21.6 Å². The van der Waals surface area contributed by atoms with E-state index in [0.29, 0.717) is 29.9 Å². The molecule has 1 aliphatic heterocycles. The summed E-state index contributed by atoms with van der Waals surface area (Å²) in [5.41, 5.74) is 4.48. The number of amides is 1. The van der Waals surface area contributed by atoms with Gasteiger partial charge in [0.2, 0.25) is 5.91 Å². The van der Waals surface area contributed by atoms with Gasteiger partial charge in [-0.15, -0.1) is 0 Å². The molecular weight excluding hydrogens is 402 g/mol. The number of nitrogens with one attached hydrogen (secondary N) is 1. The van der Waals surface area contributed by atoms with Crippen molar-refractivity contribution in [3.8, 4) is 11.1 Å². The van der Waals surface area contributed by atoms with E-state index in [0.717, 1.165) is 27.6 Å². The molecule has 0 radical (unpaired) electrons. The van der Waals surface area contributed by atoms with Crippen molar-refractivity contribution < 1.29 is 9.21 Å². The number of carbonyl (C=O) groups excluding carboxylic acids is 1. The first-order valence-corrected chi connectivity index (χ1v) is 10.7. The molecule has 6 nitrogen and oxygen atoms in total. The van der Waals surface area contributed by atoms with Crippen LogP contribution >= 0.6 is 0 Å². The predicted octanol–water partition coefficient (Wildman–Crippen LogP) is 5.18. The minimum atomic E-state index is -0.372. The molecule has 32 heavy (non-hydrogen) atoms. The molecule has 0 spiro atoms. The molecule has 2 aromatic heterocycles. The summed E-state index contributed by atoms with van der Waals surface area (Å²) in [6.07, 6.45) is 2.30. The molecule has 1 amide bonds. The highest BCUT2D eigenvalue weighted by Gasteiger charge is 2.36. The van der Waals surface area contributed by atoms with E-state index in [1.54, 1.807) is 19.3 Å². The van der Waals surface area contributed by atoms with Gasteiger partial charge in [-0.05, 0) is 36.8 Å². The molecule has 6 heteroatoms. The first kappa shape index (κ1) is 20.0. The van der Waals surface area contributed by atoms with Gasteiger partial charge in [0.1, 0.15) is 11.8 Å². The Balaban J connectivity index is 1.76. The average molecular weight is 425 g/mol. The van der Waals surface area contributed by atoms with E-state index < -0.39 is 0 Å². The molecule has 1 atom stereocenters. The Morgan fingerprint density at radius 1 is 1.12 bits per heavy atom. The summed E-state index contributed by atoms with van der Waals surface area (Å²) in [5, 5.41) is 7.07. The van der Waals surface area contributed by atoms with Crippen molar-refractivity contribution in [2.45, 2.75) is 32.7 Å². The molecule has 0 saturated carbocycles. The van der Waals surface area contributed by atoms with Gasteiger partial charge in [0.05, 0.1) is 17.5 Å². The molecule has 2 aromatic carbocycles. The van der Waals surface area contributed by atoms with Crippen molar-refractivity contribution in [2.24, 2.45) is 5.10 Å². The molecule has 160 valence electrons. The average Bonchev–Trinajstić information content (AvgIpc) is 3.48. The van der Waals surface area contributed by atoms with E-state index in [9.17, 15) is 9.59 Å². The monoisotopic (exact) mass is 425 g/mol. The molecular formula is C26H23N3O3. The quantitative estimate of drug-likeness (QED) is 0.489. The Hall–Kier alpha value is -3.93. The fourth-order valence-corrected chi connectivity index (χ4v) is 4.34. The van der Waals surface area contributed by atoms with Crippen LogP contribution in [0, 0.1) is 6.92 Å². The zero-order valence-electron chi connectivity index (χ0n) is 18.0. The summed E-state index contributed by atoms with van der Waals surface area (Å²) < 4.78 is 5.60. The second-order valence-corrected chi connectivity index (χ2v) is 7.99. The molecule has 3 heterocycles. The number of hydrogen-bond acceptors (Lipinski definition) is 4. The van der Waals surface area contributed by atoms with E-state index in [1.807, 2.05) is 55.5 Å². The van der Waals surface area contributed by atoms with Gasteiger partial charge in [0.15, 0.2) is 0 Å². The van der Waals surface area contributed by atoms with E-state index in [4.69, 9.17) is 4.42 Å². The smallest absolute Gasteiger partial charge is 0.258 e. The van der Waals surface area contributed by atoms with Crippen LogP contribution in [0.2, 0.25) is 0 Å². The SMILES string of the molecule is CCC(=O)N1N=C(c2c(-c3ccccc3)c3cc(C)ccc3[nH]c2=O)CC1c1ccco1. The number of H-pyrrole nitrogens is 1. The Labute approximate surface area is 185 Å². The van der Waals surface area contributed by atoms with E-state index in [-0.39, 0.29) is 17.5 Å². The lowest BCUT2D eigenvalue weighted by Gasteiger charge is -2.18. The lowest BCUT2D eigenvalue weighted by atomic mass is 9.91. The van der Waals surface area contributed by atoms with Crippen molar-refractivity contribution in [2.75, 3.05) is 0 Å². The summed E-state index contributed by atoms with van der Waals surface area (Å²) in [6, 6.07) is 19.1. The zero-order chi connectivity index (χ0) is 22.2. The van der Waals surface area contributed by atoms with E-state index in [2.05, 4.69) is 16.2 Å². The molecule has 0 fully saturated rings. The lowest BCUT2D eigenvalue weighted by molar-refractivity contribution is -0.133. The number of aryl methyl sites for hydroxylation is 1. The highest BCUT2D eigenvalue weighted by molar-refractivity contribution is 6.12. The first-order valence-electron chi connectivity index (χ1n) is 10.7. The van der Waals surface area contributed by atoms with Crippen molar-refractivity contribution in [1.29, 1.82) is 0 Å². The van der Waals surface area contributed by atoms with Gasteiger partial charge in [0, 0.05) is 29.3 Å². The standard InChI is InChI=1S/C26H23N3O3/c1-3-23(30)29-21(22-10-7-13-32-22)15-20(28-29)25-24(17-8-5-4-6-9-17)18-14-16(2)11-12-19(18)27-26(25)31/h4-14,21H,3,15H2,1-2H3,(H,27,31). The number of fused-ring (bicyclic) bond motifs is 1. The topological polar surface area (TPSA) is 78.7 Å². The maximum absolute atomic E-state index is 13.4. The van der Waals surface area contributed by atoms with Gasteiger partial charge < -0.3 is 9.40 Å². The van der Waals surface area contributed by atoms with Crippen LogP contribution < -0.4 is 5.56 Å². The highest BCUT2D eigenvalue weighted by Crippen LogP contribution is 2.37. The largest absolute Gasteiger partial charge is 0.467 e. The summed E-state index contributed by atoms with van der Waals surface area (Å²) in [4.78, 5) is 29.1. The van der Waals surface area contributed by atoms with Crippen molar-refractivity contribution in [3.63, 3.8) is 0 Å². The number of rotatable bonds is 4. The molecule has 1 aliphatic rings. The zero-order valence-corrected chi connectivity index (χ0v) is 18.0. The second kappa shape index (κ2) is 7.96. The molecule has 0 aliphatic carbocycles. The number of aromatic nitrogens is 1.